The Balaban J connectivity index is 2.84. The van der Waals surface area contributed by atoms with Crippen molar-refractivity contribution < 1.29 is 0 Å². The molecule has 0 N–H and O–H groups in total. The van der Waals surface area contributed by atoms with E-state index in [1.54, 1.807) is 0 Å². The van der Waals surface area contributed by atoms with Crippen LogP contribution in [0.1, 0.15) is 18.4 Å². The molecular weight excluding hydrogens is 122 g/mol. The van der Waals surface area contributed by atoms with Gasteiger partial charge in [-0.25, -0.2) is 0 Å². The van der Waals surface area contributed by atoms with Gasteiger partial charge in [0.05, 0.1) is 0 Å². The van der Waals surface area contributed by atoms with E-state index < -0.39 is 0 Å². The maximum atomic E-state index is 3.74. The van der Waals surface area contributed by atoms with Crippen molar-refractivity contribution in [2.75, 3.05) is 0 Å². The topological polar surface area (TPSA) is 4.93 Å². The lowest BCUT2D eigenvalue weighted by Crippen LogP contribution is -1.85. The van der Waals surface area contributed by atoms with Gasteiger partial charge in [0.25, 0.3) is 0 Å². The van der Waals surface area contributed by atoms with Crippen molar-refractivity contribution in [3.05, 3.63) is 36.7 Å². The second-order valence-corrected chi connectivity index (χ2v) is 2.63. The fourth-order valence-corrected chi connectivity index (χ4v) is 0.930. The number of hydrogen-bond acceptors (Lipinski definition) is 0. The number of hydrogen-bond donors (Lipinski definition) is 0. The normalized spacial score (nSPS) is 13.0. The first-order valence-electron chi connectivity index (χ1n) is 3.48. The number of rotatable bonds is 2. The molecule has 1 aromatic rings. The maximum absolute atomic E-state index is 3.74. The lowest BCUT2D eigenvalue weighted by molar-refractivity contribution is 0.902. The molecule has 1 unspecified atom stereocenters. The van der Waals surface area contributed by atoms with Gasteiger partial charge in [0.2, 0.25) is 0 Å². The van der Waals surface area contributed by atoms with Gasteiger partial charge in [-0.1, -0.05) is 13.0 Å². The predicted octanol–water partition coefficient (Wildman–Crippen LogP) is 2.31. The fraction of sp³-hybridized carbons (Fsp3) is 0.333. The number of allylic oxidation sites excluding steroid dienone is 1. The van der Waals surface area contributed by atoms with Crippen molar-refractivity contribution in [2.45, 2.75) is 12.8 Å². The van der Waals surface area contributed by atoms with Crippen LogP contribution in [0.5, 0.6) is 0 Å². The third-order valence-corrected chi connectivity index (χ3v) is 1.73. The lowest BCUT2D eigenvalue weighted by atomic mass is 10.1. The largest absolute Gasteiger partial charge is 0.357 e. The smallest absolute Gasteiger partial charge is 0.0106 e. The molecule has 1 nitrogen and oxygen atoms in total. The van der Waals surface area contributed by atoms with Gasteiger partial charge in [-0.15, -0.1) is 6.58 Å². The Bertz CT molecular complexity index is 222. The van der Waals surface area contributed by atoms with Crippen LogP contribution < -0.4 is 0 Å². The molecule has 1 rings (SSSR count). The van der Waals surface area contributed by atoms with E-state index in [9.17, 15) is 0 Å². The first-order chi connectivity index (χ1) is 4.74. The predicted molar refractivity (Wildman–Crippen MR) is 44.0 cm³/mol. The molecule has 0 saturated carbocycles. The van der Waals surface area contributed by atoms with Crippen molar-refractivity contribution >= 4 is 0 Å². The first kappa shape index (κ1) is 7.13. The van der Waals surface area contributed by atoms with Crippen LogP contribution in [0.15, 0.2) is 31.1 Å². The van der Waals surface area contributed by atoms with E-state index in [1.165, 1.54) is 5.56 Å². The van der Waals surface area contributed by atoms with E-state index >= 15 is 0 Å². The Labute approximate surface area is 62.0 Å². The van der Waals surface area contributed by atoms with Crippen molar-refractivity contribution in [2.24, 2.45) is 7.05 Å². The summed E-state index contributed by atoms with van der Waals surface area (Å²) in [7, 11) is 2.03. The van der Waals surface area contributed by atoms with Crippen LogP contribution in [0.3, 0.4) is 0 Å². The highest BCUT2D eigenvalue weighted by atomic mass is 14.9. The molecule has 0 aliphatic carbocycles. The molecule has 0 aliphatic heterocycles. The minimum atomic E-state index is 0.473. The third kappa shape index (κ3) is 1.29. The van der Waals surface area contributed by atoms with Gasteiger partial charge in [0.15, 0.2) is 0 Å². The van der Waals surface area contributed by atoms with Crippen LogP contribution in [0.2, 0.25) is 0 Å². The third-order valence-electron chi connectivity index (χ3n) is 1.73. The molecule has 10 heavy (non-hydrogen) atoms. The summed E-state index contributed by atoms with van der Waals surface area (Å²) < 4.78 is 2.05. The standard InChI is InChI=1S/C9H13N/c1-4-8(2)9-5-6-10(3)7-9/h4-8H,1H2,2-3H3. The van der Waals surface area contributed by atoms with E-state index in [0.29, 0.717) is 5.92 Å². The Morgan fingerprint density at radius 2 is 2.40 bits per heavy atom. The van der Waals surface area contributed by atoms with Gasteiger partial charge in [0, 0.05) is 25.4 Å². The van der Waals surface area contributed by atoms with Gasteiger partial charge in [0.1, 0.15) is 0 Å². The summed E-state index contributed by atoms with van der Waals surface area (Å²) in [4.78, 5) is 0. The molecule has 1 aromatic heterocycles. The first-order valence-corrected chi connectivity index (χ1v) is 3.48. The molecule has 0 saturated heterocycles. The number of aryl methyl sites for hydroxylation is 1. The molecule has 0 radical (unpaired) electrons. The van der Waals surface area contributed by atoms with Crippen molar-refractivity contribution in [3.63, 3.8) is 0 Å². The molecule has 54 valence electrons. The van der Waals surface area contributed by atoms with Crippen molar-refractivity contribution in [3.8, 4) is 0 Å². The van der Waals surface area contributed by atoms with Gasteiger partial charge < -0.3 is 4.57 Å². The average Bonchev–Trinajstić information content (AvgIpc) is 2.34. The molecule has 0 bridgehead atoms. The average molecular weight is 135 g/mol. The second-order valence-electron chi connectivity index (χ2n) is 2.63. The molecule has 0 fully saturated rings. The summed E-state index contributed by atoms with van der Waals surface area (Å²) in [5.41, 5.74) is 1.33. The number of nitrogens with zero attached hydrogens (tertiary/aromatic N) is 1. The quantitative estimate of drug-likeness (QED) is 0.548. The van der Waals surface area contributed by atoms with Crippen LogP contribution in [0, 0.1) is 0 Å². The monoisotopic (exact) mass is 135 g/mol. The Morgan fingerprint density at radius 3 is 2.80 bits per heavy atom. The summed E-state index contributed by atoms with van der Waals surface area (Å²) in [5, 5.41) is 0. The highest BCUT2D eigenvalue weighted by molar-refractivity contribution is 5.18. The highest BCUT2D eigenvalue weighted by Gasteiger charge is 1.99. The molecule has 0 aliphatic rings. The van der Waals surface area contributed by atoms with Crippen LogP contribution in [0.4, 0.5) is 0 Å². The summed E-state index contributed by atoms with van der Waals surface area (Å²) in [6, 6.07) is 2.12. The van der Waals surface area contributed by atoms with Crippen LogP contribution in [0.25, 0.3) is 0 Å². The zero-order valence-corrected chi connectivity index (χ0v) is 6.54. The molecule has 0 spiro atoms. The van der Waals surface area contributed by atoms with E-state index in [-0.39, 0.29) is 0 Å². The molecule has 1 atom stereocenters. The van der Waals surface area contributed by atoms with Gasteiger partial charge in [-0.3, -0.25) is 0 Å². The molecule has 0 aromatic carbocycles. The zero-order valence-electron chi connectivity index (χ0n) is 6.54. The van der Waals surface area contributed by atoms with Gasteiger partial charge >= 0.3 is 0 Å². The van der Waals surface area contributed by atoms with E-state index in [0.717, 1.165) is 0 Å². The SMILES string of the molecule is C=CC(C)c1ccn(C)c1. The summed E-state index contributed by atoms with van der Waals surface area (Å²) in [5.74, 6) is 0.473. The molecule has 1 heterocycles. The maximum Gasteiger partial charge on any atom is 0.0106 e. The van der Waals surface area contributed by atoms with E-state index in [1.807, 2.05) is 13.1 Å². The Hall–Kier alpha value is -0.980. The summed E-state index contributed by atoms with van der Waals surface area (Å²) in [6.45, 7) is 5.88. The number of aromatic nitrogens is 1. The van der Waals surface area contributed by atoms with Crippen LogP contribution >= 0.6 is 0 Å². The summed E-state index contributed by atoms with van der Waals surface area (Å²) in [6.07, 6.45) is 6.12. The Kier molecular flexibility index (Phi) is 1.95. The fourth-order valence-electron chi connectivity index (χ4n) is 0.930. The molecule has 0 amide bonds. The van der Waals surface area contributed by atoms with Gasteiger partial charge in [-0.05, 0) is 11.6 Å². The molecular formula is C9H13N. The van der Waals surface area contributed by atoms with E-state index in [2.05, 4.69) is 36.5 Å². The Morgan fingerprint density at radius 1 is 1.70 bits per heavy atom. The zero-order chi connectivity index (χ0) is 7.56. The van der Waals surface area contributed by atoms with Crippen LogP contribution in [-0.2, 0) is 7.05 Å². The lowest BCUT2D eigenvalue weighted by Gasteiger charge is -1.99. The minimum absolute atomic E-state index is 0.473. The minimum Gasteiger partial charge on any atom is -0.357 e. The highest BCUT2D eigenvalue weighted by Crippen LogP contribution is 2.14. The van der Waals surface area contributed by atoms with E-state index in [4.69, 9.17) is 0 Å². The second kappa shape index (κ2) is 2.74. The van der Waals surface area contributed by atoms with Gasteiger partial charge in [-0.2, -0.15) is 0 Å². The molecule has 1 heteroatoms. The van der Waals surface area contributed by atoms with Crippen LogP contribution in [-0.4, -0.2) is 4.57 Å². The summed E-state index contributed by atoms with van der Waals surface area (Å²) >= 11 is 0. The van der Waals surface area contributed by atoms with Crippen molar-refractivity contribution in [1.29, 1.82) is 0 Å². The van der Waals surface area contributed by atoms with Crippen molar-refractivity contribution in [1.82, 2.24) is 4.57 Å².